The van der Waals surface area contributed by atoms with Crippen LogP contribution in [0.5, 0.6) is 5.75 Å². The highest BCUT2D eigenvalue weighted by Crippen LogP contribution is 2.34. The number of H-pyrrole nitrogens is 1. The van der Waals surface area contributed by atoms with Crippen molar-refractivity contribution >= 4 is 16.8 Å². The van der Waals surface area contributed by atoms with Gasteiger partial charge in [-0.2, -0.15) is 5.10 Å². The van der Waals surface area contributed by atoms with Gasteiger partial charge in [0.25, 0.3) is 0 Å². The van der Waals surface area contributed by atoms with Gasteiger partial charge in [0, 0.05) is 62.0 Å². The lowest BCUT2D eigenvalue weighted by molar-refractivity contribution is -0.136. The zero-order valence-electron chi connectivity index (χ0n) is 23.2. The number of amides is 1. The van der Waals surface area contributed by atoms with Gasteiger partial charge in [-0.05, 0) is 55.3 Å². The number of nitrogens with one attached hydrogen (secondary N) is 1. The lowest BCUT2D eigenvalue weighted by Gasteiger charge is -2.39. The van der Waals surface area contributed by atoms with Crippen molar-refractivity contribution in [1.29, 1.82) is 0 Å². The molecule has 41 heavy (non-hydrogen) atoms. The van der Waals surface area contributed by atoms with Gasteiger partial charge < -0.3 is 9.64 Å². The molecule has 10 nitrogen and oxygen atoms in total. The first-order chi connectivity index (χ1) is 19.9. The number of carbonyl (C=O) groups is 1. The zero-order valence-corrected chi connectivity index (χ0v) is 23.2. The van der Waals surface area contributed by atoms with Crippen molar-refractivity contribution in [2.24, 2.45) is 0 Å². The minimum atomic E-state index is -0.365. The number of ether oxygens (including phenoxy) is 1. The summed E-state index contributed by atoms with van der Waals surface area (Å²) in [5.74, 6) is 0.141. The zero-order chi connectivity index (χ0) is 28.5. The summed E-state index contributed by atoms with van der Waals surface area (Å²) in [5.41, 5.74) is 4.86. The molecule has 11 heteroatoms. The van der Waals surface area contributed by atoms with Gasteiger partial charge in [0.2, 0.25) is 5.91 Å². The van der Waals surface area contributed by atoms with Crippen LogP contribution < -0.4 is 4.74 Å². The van der Waals surface area contributed by atoms with Crippen molar-refractivity contribution in [3.8, 4) is 22.7 Å². The van der Waals surface area contributed by atoms with Crippen LogP contribution in [0.25, 0.3) is 27.8 Å². The highest BCUT2D eigenvalue weighted by Gasteiger charge is 2.36. The van der Waals surface area contributed by atoms with E-state index < -0.39 is 0 Å². The minimum Gasteiger partial charge on any atom is -0.496 e. The number of likely N-dealkylation sites (tertiary alicyclic amines) is 1. The molecule has 1 amide bonds. The molecule has 5 aromatic rings. The maximum absolute atomic E-state index is 14.9. The SMILES string of the molecule is COc1cccc(F)c1CN1CC(c2cn(-c3ccc4[nH]nc(-c5ccncc5)c4c3)nn2)CCC1C(=O)N(C)C. The van der Waals surface area contributed by atoms with Crippen LogP contribution in [0.15, 0.2) is 67.1 Å². The summed E-state index contributed by atoms with van der Waals surface area (Å²) in [6, 6.07) is 14.3. The van der Waals surface area contributed by atoms with Crippen molar-refractivity contribution in [3.05, 3.63) is 84.2 Å². The summed E-state index contributed by atoms with van der Waals surface area (Å²) in [4.78, 5) is 20.8. The number of hydrogen-bond donors (Lipinski definition) is 1. The van der Waals surface area contributed by atoms with Crippen LogP contribution in [0.1, 0.15) is 30.0 Å². The van der Waals surface area contributed by atoms with E-state index in [1.165, 1.54) is 13.2 Å². The van der Waals surface area contributed by atoms with Crippen LogP contribution in [0, 0.1) is 5.82 Å². The van der Waals surface area contributed by atoms with Gasteiger partial charge in [-0.3, -0.25) is 19.8 Å². The molecule has 1 saturated heterocycles. The summed E-state index contributed by atoms with van der Waals surface area (Å²) in [6.07, 6.45) is 6.82. The topological polar surface area (TPSA) is 105 Å². The number of methoxy groups -OCH3 is 1. The number of halogens is 1. The summed E-state index contributed by atoms with van der Waals surface area (Å²) < 4.78 is 22.1. The fraction of sp³-hybridized carbons (Fsp3) is 0.300. The van der Waals surface area contributed by atoms with Crippen molar-refractivity contribution in [1.82, 2.24) is 40.0 Å². The molecule has 0 aliphatic carbocycles. The van der Waals surface area contributed by atoms with E-state index >= 15 is 0 Å². The summed E-state index contributed by atoms with van der Waals surface area (Å²) >= 11 is 0. The van der Waals surface area contributed by atoms with Gasteiger partial charge in [-0.15, -0.1) is 5.10 Å². The van der Waals surface area contributed by atoms with Gasteiger partial charge in [0.15, 0.2) is 0 Å². The largest absolute Gasteiger partial charge is 0.496 e. The molecule has 210 valence electrons. The Hall–Kier alpha value is -4.64. The highest BCUT2D eigenvalue weighted by atomic mass is 19.1. The van der Waals surface area contributed by atoms with Crippen molar-refractivity contribution < 1.29 is 13.9 Å². The third kappa shape index (κ3) is 5.16. The minimum absolute atomic E-state index is 0.000765. The number of carbonyl (C=O) groups excluding carboxylic acids is 1. The number of aromatic amines is 1. The number of pyridine rings is 1. The number of benzene rings is 2. The van der Waals surface area contributed by atoms with Crippen LogP contribution in [-0.2, 0) is 11.3 Å². The number of likely N-dealkylation sites (N-methyl/N-ethyl adjacent to an activating group) is 1. The molecule has 0 saturated carbocycles. The molecule has 4 heterocycles. The second-order valence-electron chi connectivity index (χ2n) is 10.5. The van der Waals surface area contributed by atoms with Crippen LogP contribution in [0.4, 0.5) is 4.39 Å². The molecule has 1 aliphatic heterocycles. The predicted octanol–water partition coefficient (Wildman–Crippen LogP) is 4.19. The highest BCUT2D eigenvalue weighted by molar-refractivity contribution is 5.94. The maximum Gasteiger partial charge on any atom is 0.239 e. The normalized spacial score (nSPS) is 17.6. The van der Waals surface area contributed by atoms with E-state index in [1.54, 1.807) is 48.2 Å². The predicted molar refractivity (Wildman–Crippen MR) is 152 cm³/mol. The third-order valence-electron chi connectivity index (χ3n) is 7.76. The first-order valence-electron chi connectivity index (χ1n) is 13.5. The second-order valence-corrected chi connectivity index (χ2v) is 10.5. The van der Waals surface area contributed by atoms with Crippen molar-refractivity contribution in [2.75, 3.05) is 27.7 Å². The fourth-order valence-corrected chi connectivity index (χ4v) is 5.59. The monoisotopic (exact) mass is 554 g/mol. The smallest absolute Gasteiger partial charge is 0.239 e. The molecule has 1 aliphatic rings. The first-order valence-corrected chi connectivity index (χ1v) is 13.5. The molecule has 2 aromatic carbocycles. The maximum atomic E-state index is 14.9. The Labute approximate surface area is 236 Å². The third-order valence-corrected chi connectivity index (χ3v) is 7.76. The van der Waals surface area contributed by atoms with Crippen LogP contribution >= 0.6 is 0 Å². The summed E-state index contributed by atoms with van der Waals surface area (Å²) in [5, 5.41) is 17.5. The molecule has 2 atom stereocenters. The van der Waals surface area contributed by atoms with Gasteiger partial charge in [0.1, 0.15) is 17.3 Å². The van der Waals surface area contributed by atoms with Crippen molar-refractivity contribution in [2.45, 2.75) is 31.3 Å². The summed E-state index contributed by atoms with van der Waals surface area (Å²) in [7, 11) is 5.02. The van der Waals surface area contributed by atoms with E-state index in [1.807, 2.05) is 41.4 Å². The molecule has 6 rings (SSSR count). The number of fused-ring (bicyclic) bond motifs is 1. The van der Waals surface area contributed by atoms with E-state index in [2.05, 4.69) is 25.5 Å². The lowest BCUT2D eigenvalue weighted by atomic mass is 9.89. The number of piperidine rings is 1. The average molecular weight is 555 g/mol. The number of hydrogen-bond acceptors (Lipinski definition) is 7. The standard InChI is InChI=1S/C30H31FN8O2/c1-37(2)30(40)27-10-7-20(16-38(27)17-23-24(31)5-4-6-28(23)41-3)26-18-39(36-34-26)21-8-9-25-22(15-21)29(35-33-25)19-11-13-32-14-12-19/h4-6,8-9,11-15,18,20,27H,7,10,16-17H2,1-3H3,(H,33,35). The van der Waals surface area contributed by atoms with E-state index in [-0.39, 0.29) is 30.2 Å². The Morgan fingerprint density at radius 2 is 1.98 bits per heavy atom. The van der Waals surface area contributed by atoms with Crippen LogP contribution in [-0.4, -0.2) is 79.7 Å². The Bertz CT molecular complexity index is 1680. The molecular weight excluding hydrogens is 523 g/mol. The quantitative estimate of drug-likeness (QED) is 0.322. The number of aromatic nitrogens is 6. The molecular formula is C30H31FN8O2. The van der Waals surface area contributed by atoms with Crippen LogP contribution in [0.3, 0.4) is 0 Å². The molecule has 3 aromatic heterocycles. The Morgan fingerprint density at radius 3 is 2.76 bits per heavy atom. The molecule has 1 fully saturated rings. The van der Waals surface area contributed by atoms with Gasteiger partial charge in [-0.1, -0.05) is 11.3 Å². The lowest BCUT2D eigenvalue weighted by Crippen LogP contribution is -2.50. The van der Waals surface area contributed by atoms with Gasteiger partial charge in [0.05, 0.1) is 36.2 Å². The molecule has 0 spiro atoms. The molecule has 2 unspecified atom stereocenters. The number of rotatable bonds is 7. The molecule has 0 radical (unpaired) electrons. The Balaban J connectivity index is 1.28. The molecule has 0 bridgehead atoms. The van der Waals surface area contributed by atoms with Crippen molar-refractivity contribution in [3.63, 3.8) is 0 Å². The van der Waals surface area contributed by atoms with Crippen LogP contribution in [0.2, 0.25) is 0 Å². The van der Waals surface area contributed by atoms with E-state index in [9.17, 15) is 9.18 Å². The van der Waals surface area contributed by atoms with E-state index in [0.717, 1.165) is 40.0 Å². The first kappa shape index (κ1) is 26.6. The van der Waals surface area contributed by atoms with E-state index in [4.69, 9.17) is 4.74 Å². The van der Waals surface area contributed by atoms with Gasteiger partial charge >= 0.3 is 0 Å². The second kappa shape index (κ2) is 11.1. The molecule has 1 N–H and O–H groups in total. The van der Waals surface area contributed by atoms with Gasteiger partial charge in [-0.25, -0.2) is 9.07 Å². The Morgan fingerprint density at radius 1 is 1.15 bits per heavy atom. The number of nitrogens with zero attached hydrogens (tertiary/aromatic N) is 7. The van der Waals surface area contributed by atoms with E-state index in [0.29, 0.717) is 24.3 Å². The summed E-state index contributed by atoms with van der Waals surface area (Å²) in [6.45, 7) is 0.785. The Kier molecular flexibility index (Phi) is 7.19. The fourth-order valence-electron chi connectivity index (χ4n) is 5.59. The average Bonchev–Trinajstić information content (AvgIpc) is 3.66.